The fourth-order valence-corrected chi connectivity index (χ4v) is 2.85. The summed E-state index contributed by atoms with van der Waals surface area (Å²) in [5, 5.41) is 0. The Balaban J connectivity index is 1.87. The van der Waals surface area contributed by atoms with Crippen molar-refractivity contribution in [1.82, 2.24) is 4.90 Å². The molecule has 132 valence electrons. The van der Waals surface area contributed by atoms with Gasteiger partial charge in [-0.2, -0.15) is 0 Å². The minimum absolute atomic E-state index is 0.229. The number of ether oxygens (including phenoxy) is 3. The molecule has 1 aromatic rings. The third kappa shape index (κ3) is 4.24. The van der Waals surface area contributed by atoms with Crippen LogP contribution in [0.3, 0.4) is 0 Å². The second-order valence-electron chi connectivity index (χ2n) is 5.90. The Hall–Kier alpha value is -2.12. The van der Waals surface area contributed by atoms with Crippen LogP contribution in [-0.2, 0) is 25.6 Å². The van der Waals surface area contributed by atoms with Gasteiger partial charge in [0.15, 0.2) is 6.10 Å². The lowest BCUT2D eigenvalue weighted by atomic mass is 9.83. The molecule has 0 aromatic heterocycles. The number of amides is 1. The molecular weight excluding hydrogens is 312 g/mol. The number of carbonyl (C=O) groups excluding carboxylic acids is 2. The average Bonchev–Trinajstić information content (AvgIpc) is 2.61. The number of nitrogens with zero attached hydrogens (tertiary/aromatic N) is 1. The minimum Gasteiger partial charge on any atom is -0.467 e. The van der Waals surface area contributed by atoms with Crippen LogP contribution in [0.15, 0.2) is 30.3 Å². The number of methoxy groups -OCH3 is 2. The Morgan fingerprint density at radius 1 is 1.21 bits per heavy atom. The average molecular weight is 336 g/mol. The van der Waals surface area contributed by atoms with E-state index >= 15 is 0 Å². The molecule has 1 saturated heterocycles. The number of hydrogen-bond acceptors (Lipinski definition) is 6. The predicted octanol–water partition coefficient (Wildman–Crippen LogP) is 1.30. The zero-order valence-corrected chi connectivity index (χ0v) is 14.1. The van der Waals surface area contributed by atoms with E-state index in [1.54, 1.807) is 4.90 Å². The van der Waals surface area contributed by atoms with E-state index in [0.717, 1.165) is 5.56 Å². The summed E-state index contributed by atoms with van der Waals surface area (Å²) in [6, 6.07) is 9.49. The molecule has 0 radical (unpaired) electrons. The van der Waals surface area contributed by atoms with E-state index in [-0.39, 0.29) is 12.7 Å². The zero-order chi connectivity index (χ0) is 17.6. The Morgan fingerprint density at radius 3 is 2.38 bits per heavy atom. The molecule has 1 atom stereocenters. The number of piperidine rings is 1. The smallest absolute Gasteiger partial charge is 0.410 e. The van der Waals surface area contributed by atoms with Crippen LogP contribution in [0.1, 0.15) is 18.4 Å². The van der Waals surface area contributed by atoms with Crippen molar-refractivity contribution in [3.8, 4) is 0 Å². The molecule has 0 aliphatic carbocycles. The van der Waals surface area contributed by atoms with Crippen molar-refractivity contribution < 1.29 is 23.8 Å². The Morgan fingerprint density at radius 2 is 1.83 bits per heavy atom. The third-order valence-corrected chi connectivity index (χ3v) is 4.33. The summed E-state index contributed by atoms with van der Waals surface area (Å²) in [4.78, 5) is 25.5. The van der Waals surface area contributed by atoms with Gasteiger partial charge in [-0.1, -0.05) is 30.3 Å². The van der Waals surface area contributed by atoms with Crippen molar-refractivity contribution in [1.29, 1.82) is 0 Å². The van der Waals surface area contributed by atoms with Crippen molar-refractivity contribution in [2.24, 2.45) is 5.73 Å². The summed E-state index contributed by atoms with van der Waals surface area (Å²) in [5.74, 6) is -0.500. The fourth-order valence-electron chi connectivity index (χ4n) is 2.85. The van der Waals surface area contributed by atoms with Crippen LogP contribution in [0.4, 0.5) is 4.79 Å². The molecule has 1 aromatic carbocycles. The topological polar surface area (TPSA) is 91.1 Å². The van der Waals surface area contributed by atoms with E-state index in [2.05, 4.69) is 0 Å². The fraction of sp³-hybridized carbons (Fsp3) is 0.529. The first kappa shape index (κ1) is 18.2. The first-order valence-corrected chi connectivity index (χ1v) is 7.85. The van der Waals surface area contributed by atoms with Crippen molar-refractivity contribution in [2.75, 3.05) is 27.3 Å². The highest BCUT2D eigenvalue weighted by molar-refractivity contribution is 5.76. The number of hydrogen-bond donors (Lipinski definition) is 1. The van der Waals surface area contributed by atoms with Gasteiger partial charge in [-0.25, -0.2) is 9.59 Å². The molecule has 24 heavy (non-hydrogen) atoms. The van der Waals surface area contributed by atoms with Gasteiger partial charge in [0.2, 0.25) is 0 Å². The zero-order valence-electron chi connectivity index (χ0n) is 14.1. The number of esters is 1. The highest BCUT2D eigenvalue weighted by Crippen LogP contribution is 2.26. The first-order valence-electron chi connectivity index (χ1n) is 7.85. The van der Waals surface area contributed by atoms with Crippen LogP contribution in [0, 0.1) is 0 Å². The summed E-state index contributed by atoms with van der Waals surface area (Å²) in [7, 11) is 2.73. The van der Waals surface area contributed by atoms with Gasteiger partial charge in [0.1, 0.15) is 6.61 Å². The van der Waals surface area contributed by atoms with E-state index < -0.39 is 17.6 Å². The molecule has 1 aliphatic rings. The lowest BCUT2D eigenvalue weighted by Crippen LogP contribution is -2.61. The molecule has 1 heterocycles. The second kappa shape index (κ2) is 8.12. The third-order valence-electron chi connectivity index (χ3n) is 4.33. The second-order valence-corrected chi connectivity index (χ2v) is 5.90. The standard InChI is InChI=1S/C17H24N2O5/c1-22-14(15(20)23-2)17(18)8-10-19(11-9-17)16(21)24-12-13-6-4-3-5-7-13/h3-7,14H,8-12,18H2,1-2H3. The lowest BCUT2D eigenvalue weighted by molar-refractivity contribution is -0.158. The van der Waals surface area contributed by atoms with Gasteiger partial charge in [0, 0.05) is 20.2 Å². The van der Waals surface area contributed by atoms with Crippen LogP contribution in [0.5, 0.6) is 0 Å². The molecule has 7 heteroatoms. The predicted molar refractivity (Wildman–Crippen MR) is 87.2 cm³/mol. The van der Waals surface area contributed by atoms with Crippen molar-refractivity contribution in [3.05, 3.63) is 35.9 Å². The quantitative estimate of drug-likeness (QED) is 0.815. The Kier molecular flexibility index (Phi) is 6.16. The number of benzene rings is 1. The van der Waals surface area contributed by atoms with Gasteiger partial charge in [-0.15, -0.1) is 0 Å². The number of nitrogens with two attached hydrogens (primary N) is 1. The van der Waals surface area contributed by atoms with Crippen LogP contribution >= 0.6 is 0 Å². The summed E-state index contributed by atoms with van der Waals surface area (Å²) >= 11 is 0. The molecule has 0 bridgehead atoms. The summed E-state index contributed by atoms with van der Waals surface area (Å²) in [5.41, 5.74) is 6.40. The maximum absolute atomic E-state index is 12.2. The monoisotopic (exact) mass is 336 g/mol. The number of rotatable bonds is 5. The first-order chi connectivity index (χ1) is 11.5. The molecule has 1 aliphatic heterocycles. The molecule has 0 saturated carbocycles. The highest BCUT2D eigenvalue weighted by atomic mass is 16.6. The Labute approximate surface area is 141 Å². The maximum Gasteiger partial charge on any atom is 0.410 e. The van der Waals surface area contributed by atoms with Crippen LogP contribution in [-0.4, -0.2) is 55.9 Å². The Bertz CT molecular complexity index is 555. The normalized spacial score (nSPS) is 17.9. The molecule has 1 fully saturated rings. The van der Waals surface area contributed by atoms with Gasteiger partial charge >= 0.3 is 12.1 Å². The van der Waals surface area contributed by atoms with Crippen molar-refractivity contribution >= 4 is 12.1 Å². The van der Waals surface area contributed by atoms with E-state index in [0.29, 0.717) is 25.9 Å². The largest absolute Gasteiger partial charge is 0.467 e. The highest BCUT2D eigenvalue weighted by Gasteiger charge is 2.44. The molecule has 0 spiro atoms. The van der Waals surface area contributed by atoms with Crippen LogP contribution in [0.25, 0.3) is 0 Å². The summed E-state index contributed by atoms with van der Waals surface area (Å²) < 4.78 is 15.3. The van der Waals surface area contributed by atoms with E-state index in [4.69, 9.17) is 19.9 Å². The minimum atomic E-state index is -0.849. The van der Waals surface area contributed by atoms with Crippen LogP contribution < -0.4 is 5.73 Å². The van der Waals surface area contributed by atoms with Crippen molar-refractivity contribution in [2.45, 2.75) is 31.1 Å². The summed E-state index contributed by atoms with van der Waals surface area (Å²) in [6.07, 6.45) is -0.361. The maximum atomic E-state index is 12.2. The van der Waals surface area contributed by atoms with Gasteiger partial charge in [0.05, 0.1) is 12.6 Å². The van der Waals surface area contributed by atoms with E-state index in [9.17, 15) is 9.59 Å². The molecular formula is C17H24N2O5. The van der Waals surface area contributed by atoms with Crippen molar-refractivity contribution in [3.63, 3.8) is 0 Å². The summed E-state index contributed by atoms with van der Waals surface area (Å²) in [6.45, 7) is 1.04. The molecule has 2 rings (SSSR count). The van der Waals surface area contributed by atoms with E-state index in [1.807, 2.05) is 30.3 Å². The van der Waals surface area contributed by atoms with Gasteiger partial charge in [-0.3, -0.25) is 0 Å². The molecule has 2 N–H and O–H groups in total. The molecule has 1 amide bonds. The number of carbonyl (C=O) groups is 2. The van der Waals surface area contributed by atoms with Crippen LogP contribution in [0.2, 0.25) is 0 Å². The lowest BCUT2D eigenvalue weighted by Gasteiger charge is -2.41. The van der Waals surface area contributed by atoms with E-state index in [1.165, 1.54) is 14.2 Å². The van der Waals surface area contributed by atoms with Gasteiger partial charge in [0.25, 0.3) is 0 Å². The van der Waals surface area contributed by atoms with Gasteiger partial charge < -0.3 is 24.8 Å². The molecule has 1 unspecified atom stereocenters. The van der Waals surface area contributed by atoms with Gasteiger partial charge in [-0.05, 0) is 18.4 Å². The number of likely N-dealkylation sites (tertiary alicyclic amines) is 1. The SMILES string of the molecule is COC(=O)C(OC)C1(N)CCN(C(=O)OCc2ccccc2)CC1. The molecule has 7 nitrogen and oxygen atoms in total.